The third-order valence-corrected chi connectivity index (χ3v) is 4.55. The molecule has 0 aliphatic carbocycles. The van der Waals surface area contributed by atoms with Crippen LogP contribution in [-0.4, -0.2) is 15.3 Å². The number of pyridine rings is 1. The molecule has 0 saturated heterocycles. The van der Waals surface area contributed by atoms with Crippen molar-refractivity contribution in [3.63, 3.8) is 0 Å². The topological polar surface area (TPSA) is 46.4 Å². The van der Waals surface area contributed by atoms with Crippen molar-refractivity contribution in [2.75, 3.05) is 5.32 Å². The van der Waals surface area contributed by atoms with Crippen molar-refractivity contribution in [1.82, 2.24) is 9.38 Å². The number of carbonyl (C=O) groups is 1. The quantitative estimate of drug-likeness (QED) is 0.542. The highest BCUT2D eigenvalue weighted by atomic mass is 16.1. The zero-order chi connectivity index (χ0) is 18.8. The van der Waals surface area contributed by atoms with Crippen molar-refractivity contribution < 1.29 is 4.79 Å². The van der Waals surface area contributed by atoms with Crippen LogP contribution in [0.25, 0.3) is 28.0 Å². The summed E-state index contributed by atoms with van der Waals surface area (Å²) in [4.78, 5) is 16.8. The van der Waals surface area contributed by atoms with Crippen LogP contribution in [-0.2, 0) is 4.79 Å². The summed E-state index contributed by atoms with van der Waals surface area (Å²) in [6.07, 6.45) is 3.92. The number of imidazole rings is 1. The van der Waals surface area contributed by atoms with Gasteiger partial charge in [0.05, 0.1) is 11.4 Å². The molecular weight excluding hydrogens is 334 g/mol. The Labute approximate surface area is 158 Å². The smallest absolute Gasteiger partial charge is 0.227 e. The molecule has 0 radical (unpaired) electrons. The van der Waals surface area contributed by atoms with Crippen LogP contribution < -0.4 is 5.32 Å². The molecule has 2 aromatic carbocycles. The number of aromatic nitrogens is 2. The number of carbonyl (C=O) groups excluding carboxylic acids is 1. The summed E-state index contributed by atoms with van der Waals surface area (Å²) in [6.45, 7) is 3.75. The van der Waals surface area contributed by atoms with Crippen LogP contribution in [0.5, 0.6) is 0 Å². The fourth-order valence-corrected chi connectivity index (χ4v) is 2.99. The van der Waals surface area contributed by atoms with Gasteiger partial charge in [0.1, 0.15) is 0 Å². The van der Waals surface area contributed by atoms with Gasteiger partial charge in [0.25, 0.3) is 0 Å². The van der Waals surface area contributed by atoms with Gasteiger partial charge in [0.15, 0.2) is 5.65 Å². The maximum atomic E-state index is 12.1. The number of hydrogen-bond acceptors (Lipinski definition) is 2. The number of amides is 1. The maximum absolute atomic E-state index is 12.1. The van der Waals surface area contributed by atoms with E-state index in [9.17, 15) is 4.79 Å². The Morgan fingerprint density at radius 2 is 1.56 bits per heavy atom. The Kier molecular flexibility index (Phi) is 4.47. The number of benzene rings is 2. The normalized spacial score (nSPS) is 11.1. The fraction of sp³-hybridized carbons (Fsp3) is 0.130. The molecule has 27 heavy (non-hydrogen) atoms. The molecule has 0 aliphatic heterocycles. The van der Waals surface area contributed by atoms with Gasteiger partial charge < -0.3 is 9.72 Å². The van der Waals surface area contributed by atoms with Crippen molar-refractivity contribution in [2.45, 2.75) is 13.8 Å². The van der Waals surface area contributed by atoms with Crippen LogP contribution in [0.4, 0.5) is 5.69 Å². The Morgan fingerprint density at radius 1 is 0.889 bits per heavy atom. The minimum atomic E-state index is -0.0785. The van der Waals surface area contributed by atoms with Gasteiger partial charge in [-0.2, -0.15) is 0 Å². The second-order valence-corrected chi connectivity index (χ2v) is 6.87. The summed E-state index contributed by atoms with van der Waals surface area (Å²) in [7, 11) is 0. The standard InChI is InChI=1S/C23H21N3O/c1-16(2)23(27)25-20-9-6-14-26-15-21(24-22(20)26)19-12-10-18(11-13-19)17-7-4-3-5-8-17/h3-16H,1-2H3,(H,25,27). The Hall–Kier alpha value is -3.40. The molecule has 0 unspecified atom stereocenters. The number of fused-ring (bicyclic) bond motifs is 1. The summed E-state index contributed by atoms with van der Waals surface area (Å²) in [6, 6.07) is 22.5. The molecule has 2 heterocycles. The van der Waals surface area contributed by atoms with E-state index >= 15 is 0 Å². The summed E-state index contributed by atoms with van der Waals surface area (Å²) < 4.78 is 1.94. The molecule has 2 aromatic heterocycles. The third kappa shape index (κ3) is 3.47. The lowest BCUT2D eigenvalue weighted by molar-refractivity contribution is -0.118. The molecule has 4 nitrogen and oxygen atoms in total. The molecule has 1 amide bonds. The Bertz CT molecular complexity index is 1080. The zero-order valence-electron chi connectivity index (χ0n) is 15.4. The maximum Gasteiger partial charge on any atom is 0.227 e. The molecule has 0 bridgehead atoms. The van der Waals surface area contributed by atoms with Crippen LogP contribution in [0.3, 0.4) is 0 Å². The molecule has 134 valence electrons. The third-order valence-electron chi connectivity index (χ3n) is 4.55. The number of anilines is 1. The zero-order valence-corrected chi connectivity index (χ0v) is 15.4. The monoisotopic (exact) mass is 355 g/mol. The van der Waals surface area contributed by atoms with Gasteiger partial charge in [-0.15, -0.1) is 0 Å². The molecule has 1 N–H and O–H groups in total. The van der Waals surface area contributed by atoms with Crippen molar-refractivity contribution in [2.24, 2.45) is 5.92 Å². The molecule has 0 atom stereocenters. The molecule has 0 saturated carbocycles. The van der Waals surface area contributed by atoms with Gasteiger partial charge in [-0.25, -0.2) is 4.98 Å². The lowest BCUT2D eigenvalue weighted by Gasteiger charge is -2.08. The van der Waals surface area contributed by atoms with Crippen LogP contribution in [0.15, 0.2) is 79.1 Å². The summed E-state index contributed by atoms with van der Waals surface area (Å²) >= 11 is 0. The second-order valence-electron chi connectivity index (χ2n) is 6.87. The van der Waals surface area contributed by atoms with E-state index in [0.717, 1.165) is 22.6 Å². The van der Waals surface area contributed by atoms with E-state index in [-0.39, 0.29) is 11.8 Å². The first kappa shape index (κ1) is 17.0. The van der Waals surface area contributed by atoms with Gasteiger partial charge >= 0.3 is 0 Å². The minimum absolute atomic E-state index is 0.0140. The molecule has 4 heteroatoms. The van der Waals surface area contributed by atoms with Crippen molar-refractivity contribution in [3.8, 4) is 22.4 Å². The number of nitrogens with zero attached hydrogens (tertiary/aromatic N) is 2. The highest BCUT2D eigenvalue weighted by molar-refractivity contribution is 5.95. The first-order valence-corrected chi connectivity index (χ1v) is 9.06. The SMILES string of the molecule is CC(C)C(=O)Nc1cccn2cc(-c3ccc(-c4ccccc4)cc3)nc12. The molecule has 4 aromatic rings. The van der Waals surface area contributed by atoms with Crippen molar-refractivity contribution >= 4 is 17.2 Å². The largest absolute Gasteiger partial charge is 0.323 e. The Balaban J connectivity index is 1.67. The lowest BCUT2D eigenvalue weighted by atomic mass is 10.0. The lowest BCUT2D eigenvalue weighted by Crippen LogP contribution is -2.18. The average Bonchev–Trinajstić information content (AvgIpc) is 3.14. The summed E-state index contributed by atoms with van der Waals surface area (Å²) in [5.41, 5.74) is 5.75. The van der Waals surface area contributed by atoms with Crippen molar-refractivity contribution in [3.05, 3.63) is 79.1 Å². The summed E-state index contributed by atoms with van der Waals surface area (Å²) in [5, 5.41) is 2.96. The van der Waals surface area contributed by atoms with Crippen LogP contribution >= 0.6 is 0 Å². The van der Waals surface area contributed by atoms with Crippen LogP contribution in [0.1, 0.15) is 13.8 Å². The molecule has 0 fully saturated rings. The highest BCUT2D eigenvalue weighted by Gasteiger charge is 2.12. The van der Waals surface area contributed by atoms with E-state index in [0.29, 0.717) is 0 Å². The molecule has 4 rings (SSSR count). The Morgan fingerprint density at radius 3 is 2.26 bits per heavy atom. The van der Waals surface area contributed by atoms with E-state index in [1.54, 1.807) is 0 Å². The average molecular weight is 355 g/mol. The number of rotatable bonds is 4. The van der Waals surface area contributed by atoms with Gasteiger partial charge in [0.2, 0.25) is 5.91 Å². The first-order valence-electron chi connectivity index (χ1n) is 9.06. The fourth-order valence-electron chi connectivity index (χ4n) is 2.99. The van der Waals surface area contributed by atoms with Crippen LogP contribution in [0.2, 0.25) is 0 Å². The van der Waals surface area contributed by atoms with E-state index in [1.165, 1.54) is 11.1 Å². The van der Waals surface area contributed by atoms with Gasteiger partial charge in [-0.1, -0.05) is 68.4 Å². The molecule has 0 spiro atoms. The minimum Gasteiger partial charge on any atom is -0.323 e. The predicted octanol–water partition coefficient (Wildman–Crippen LogP) is 5.26. The van der Waals surface area contributed by atoms with Crippen LogP contribution in [0, 0.1) is 5.92 Å². The number of hydrogen-bond donors (Lipinski definition) is 1. The second kappa shape index (κ2) is 7.08. The van der Waals surface area contributed by atoms with Gasteiger partial charge in [-0.05, 0) is 23.3 Å². The molecular formula is C23H21N3O. The predicted molar refractivity (Wildman–Crippen MR) is 110 cm³/mol. The van der Waals surface area contributed by atoms with E-state index in [1.807, 2.05) is 61.0 Å². The van der Waals surface area contributed by atoms with Crippen molar-refractivity contribution in [1.29, 1.82) is 0 Å². The highest BCUT2D eigenvalue weighted by Crippen LogP contribution is 2.26. The molecule has 0 aliphatic rings. The first-order chi connectivity index (χ1) is 13.1. The van der Waals surface area contributed by atoms with E-state index < -0.39 is 0 Å². The van der Waals surface area contributed by atoms with E-state index in [4.69, 9.17) is 4.98 Å². The van der Waals surface area contributed by atoms with Gasteiger partial charge in [0, 0.05) is 23.9 Å². The van der Waals surface area contributed by atoms with Gasteiger partial charge in [-0.3, -0.25) is 4.79 Å². The number of nitrogens with one attached hydrogen (secondary N) is 1. The summed E-state index contributed by atoms with van der Waals surface area (Å²) in [5.74, 6) is -0.0925. The van der Waals surface area contributed by atoms with E-state index in [2.05, 4.69) is 41.7 Å².